The summed E-state index contributed by atoms with van der Waals surface area (Å²) in [6.07, 6.45) is 8.85. The van der Waals surface area contributed by atoms with Crippen LogP contribution in [0, 0.1) is 0 Å². The van der Waals surface area contributed by atoms with Gasteiger partial charge in [-0.1, -0.05) is 36.4 Å². The van der Waals surface area contributed by atoms with Crippen LogP contribution in [0.3, 0.4) is 0 Å². The smallest absolute Gasteiger partial charge is 0.116 e. The molecule has 0 atom stereocenters. The zero-order valence-corrected chi connectivity index (χ0v) is 11.4. The molecule has 4 aromatic rings. The van der Waals surface area contributed by atoms with E-state index in [4.69, 9.17) is 0 Å². The fourth-order valence-corrected chi connectivity index (χ4v) is 1.94. The van der Waals surface area contributed by atoms with Crippen molar-refractivity contribution < 1.29 is 0 Å². The number of rotatable bonds is 1. The van der Waals surface area contributed by atoms with Gasteiger partial charge in [0.15, 0.2) is 0 Å². The average Bonchev–Trinajstić information content (AvgIpc) is 3.11. The maximum atomic E-state index is 4.07. The average molecular weight is 274 g/mol. The predicted molar refractivity (Wildman–Crippen MR) is 83.1 cm³/mol. The first-order valence-electron chi connectivity index (χ1n) is 6.61. The van der Waals surface area contributed by atoms with E-state index in [2.05, 4.69) is 15.0 Å². The third-order valence-corrected chi connectivity index (χ3v) is 2.97. The molecule has 21 heavy (non-hydrogen) atoms. The summed E-state index contributed by atoms with van der Waals surface area (Å²) in [5, 5.41) is 1.09. The quantitative estimate of drug-likeness (QED) is 0.533. The first-order valence-corrected chi connectivity index (χ1v) is 6.61. The molecular weight excluding hydrogens is 260 g/mol. The summed E-state index contributed by atoms with van der Waals surface area (Å²) in [4.78, 5) is 11.9. The highest BCUT2D eigenvalue weighted by Crippen LogP contribution is 2.06. The molecule has 0 saturated carbocycles. The second kappa shape index (κ2) is 6.43. The zero-order chi connectivity index (χ0) is 14.3. The molecule has 0 bridgehead atoms. The highest BCUT2D eigenvalue weighted by Gasteiger charge is 1.90. The third kappa shape index (κ3) is 3.30. The van der Waals surface area contributed by atoms with Gasteiger partial charge in [0, 0.05) is 29.7 Å². The first kappa shape index (κ1) is 13.0. The molecule has 0 fully saturated rings. The van der Waals surface area contributed by atoms with Crippen molar-refractivity contribution in [3.05, 3.63) is 85.8 Å². The molecule has 0 radical (unpaired) electrons. The number of hydrogen-bond donors (Lipinski definition) is 0. The lowest BCUT2D eigenvalue weighted by molar-refractivity contribution is 1.06. The van der Waals surface area contributed by atoms with E-state index in [1.807, 2.05) is 71.6 Å². The monoisotopic (exact) mass is 274 g/mol. The molecule has 0 unspecified atom stereocenters. The van der Waals surface area contributed by atoms with Crippen molar-refractivity contribution in [1.82, 2.24) is 19.5 Å². The number of benzene rings is 2. The van der Waals surface area contributed by atoms with Crippen molar-refractivity contribution in [3.63, 3.8) is 0 Å². The minimum Gasteiger partial charge on any atom is -0.306 e. The van der Waals surface area contributed by atoms with Crippen molar-refractivity contribution in [1.29, 1.82) is 0 Å². The number of para-hydroxylation sites is 2. The molecule has 0 aliphatic carbocycles. The lowest BCUT2D eigenvalue weighted by atomic mass is 10.2. The Bertz CT molecular complexity index is 730. The normalized spacial score (nSPS) is 9.90. The van der Waals surface area contributed by atoms with Crippen LogP contribution in [0.2, 0.25) is 0 Å². The Morgan fingerprint density at radius 3 is 2.38 bits per heavy atom. The molecule has 0 aliphatic rings. The summed E-state index contributed by atoms with van der Waals surface area (Å²) in [7, 11) is 0. The Balaban J connectivity index is 0.000000126. The van der Waals surface area contributed by atoms with Crippen LogP contribution in [0.1, 0.15) is 0 Å². The number of imidazole rings is 1. The molecule has 102 valence electrons. The number of fused-ring (bicyclic) bond motifs is 1. The van der Waals surface area contributed by atoms with Gasteiger partial charge in [0.1, 0.15) is 6.33 Å². The van der Waals surface area contributed by atoms with Gasteiger partial charge in [0.2, 0.25) is 0 Å². The molecule has 4 rings (SSSR count). The summed E-state index contributed by atoms with van der Waals surface area (Å²) in [5.74, 6) is 0. The molecule has 4 heteroatoms. The van der Waals surface area contributed by atoms with Crippen LogP contribution in [0.5, 0.6) is 0 Å². The highest BCUT2D eigenvalue weighted by atomic mass is 15.0. The standard InChI is InChI=1S/C9H8N2.C8H6N2/c1-2-4-9(5-3-1)11-7-6-10-8-11;1-2-4-8-7(3-1)5-9-6-10-8/h1-8H;1-6H. The first-order chi connectivity index (χ1) is 10.4. The van der Waals surface area contributed by atoms with Gasteiger partial charge < -0.3 is 4.57 Å². The zero-order valence-electron chi connectivity index (χ0n) is 11.4. The Kier molecular flexibility index (Phi) is 3.98. The second-order valence-electron chi connectivity index (χ2n) is 4.39. The highest BCUT2D eigenvalue weighted by molar-refractivity contribution is 5.76. The van der Waals surface area contributed by atoms with E-state index in [0.29, 0.717) is 0 Å². The fraction of sp³-hybridized carbons (Fsp3) is 0. The molecule has 4 nitrogen and oxygen atoms in total. The van der Waals surface area contributed by atoms with Crippen LogP contribution in [0.4, 0.5) is 0 Å². The topological polar surface area (TPSA) is 43.6 Å². The molecule has 2 aromatic heterocycles. The van der Waals surface area contributed by atoms with E-state index in [9.17, 15) is 0 Å². The molecule has 2 heterocycles. The second-order valence-corrected chi connectivity index (χ2v) is 4.39. The van der Waals surface area contributed by atoms with Crippen molar-refractivity contribution in [3.8, 4) is 5.69 Å². The Labute approximate surface area is 122 Å². The number of aromatic nitrogens is 4. The van der Waals surface area contributed by atoms with E-state index in [-0.39, 0.29) is 0 Å². The van der Waals surface area contributed by atoms with Gasteiger partial charge in [-0.3, -0.25) is 0 Å². The molecule has 2 aromatic carbocycles. The lowest BCUT2D eigenvalue weighted by Gasteiger charge is -1.98. The fourth-order valence-electron chi connectivity index (χ4n) is 1.94. The van der Waals surface area contributed by atoms with Crippen molar-refractivity contribution in [2.75, 3.05) is 0 Å². The summed E-state index contributed by atoms with van der Waals surface area (Å²) in [6.45, 7) is 0. The Hall–Kier alpha value is -3.01. The van der Waals surface area contributed by atoms with Crippen molar-refractivity contribution in [2.45, 2.75) is 0 Å². The van der Waals surface area contributed by atoms with E-state index < -0.39 is 0 Å². The third-order valence-electron chi connectivity index (χ3n) is 2.97. The largest absolute Gasteiger partial charge is 0.306 e. The van der Waals surface area contributed by atoms with Gasteiger partial charge in [-0.15, -0.1) is 0 Å². The van der Waals surface area contributed by atoms with Crippen LogP contribution >= 0.6 is 0 Å². The van der Waals surface area contributed by atoms with Gasteiger partial charge in [-0.25, -0.2) is 15.0 Å². The van der Waals surface area contributed by atoms with Gasteiger partial charge in [-0.2, -0.15) is 0 Å². The number of nitrogens with zero attached hydrogens (tertiary/aromatic N) is 4. The van der Waals surface area contributed by atoms with E-state index in [1.54, 1.807) is 18.9 Å². The van der Waals surface area contributed by atoms with Crippen molar-refractivity contribution >= 4 is 10.9 Å². The maximum absolute atomic E-state index is 4.07. The van der Waals surface area contributed by atoms with Crippen LogP contribution in [-0.2, 0) is 0 Å². The SMILES string of the molecule is c1ccc(-n2ccnc2)cc1.c1ccc2ncncc2c1. The van der Waals surface area contributed by atoms with Crippen molar-refractivity contribution in [2.24, 2.45) is 0 Å². The van der Waals surface area contributed by atoms with E-state index >= 15 is 0 Å². The van der Waals surface area contributed by atoms with Gasteiger partial charge in [0.25, 0.3) is 0 Å². The maximum Gasteiger partial charge on any atom is 0.116 e. The summed E-state index contributed by atoms with van der Waals surface area (Å²) in [6, 6.07) is 18.0. The molecule has 0 aliphatic heterocycles. The van der Waals surface area contributed by atoms with Crippen LogP contribution < -0.4 is 0 Å². The van der Waals surface area contributed by atoms with Gasteiger partial charge in [0.05, 0.1) is 11.8 Å². The molecule has 0 N–H and O–H groups in total. The molecular formula is C17H14N4. The van der Waals surface area contributed by atoms with E-state index in [0.717, 1.165) is 16.6 Å². The summed E-state index contributed by atoms with van der Waals surface area (Å²) in [5.41, 5.74) is 2.14. The van der Waals surface area contributed by atoms with Crippen LogP contribution in [0.15, 0.2) is 85.8 Å². The van der Waals surface area contributed by atoms with Crippen LogP contribution in [0.25, 0.3) is 16.6 Å². The van der Waals surface area contributed by atoms with Gasteiger partial charge >= 0.3 is 0 Å². The summed E-state index contributed by atoms with van der Waals surface area (Å²) >= 11 is 0. The Morgan fingerprint density at radius 2 is 1.62 bits per heavy atom. The molecule has 0 spiro atoms. The van der Waals surface area contributed by atoms with Crippen LogP contribution in [-0.4, -0.2) is 19.5 Å². The Morgan fingerprint density at radius 1 is 0.810 bits per heavy atom. The molecule has 0 amide bonds. The minimum absolute atomic E-state index is 0.998. The molecule has 0 saturated heterocycles. The lowest BCUT2D eigenvalue weighted by Crippen LogP contribution is -1.87. The number of hydrogen-bond acceptors (Lipinski definition) is 3. The van der Waals surface area contributed by atoms with Gasteiger partial charge in [-0.05, 0) is 18.2 Å². The predicted octanol–water partition coefficient (Wildman–Crippen LogP) is 3.50. The summed E-state index contributed by atoms with van der Waals surface area (Å²) < 4.78 is 1.97. The van der Waals surface area contributed by atoms with E-state index in [1.165, 1.54) is 0 Å². The minimum atomic E-state index is 0.998.